The van der Waals surface area contributed by atoms with Crippen LogP contribution in [0.25, 0.3) is 10.9 Å². The Bertz CT molecular complexity index is 1350. The quantitative estimate of drug-likeness (QED) is 0.320. The second-order valence-electron chi connectivity index (χ2n) is 8.93. The maximum Gasteiger partial charge on any atom is 0.252 e. The van der Waals surface area contributed by atoms with Crippen LogP contribution in [0, 0.1) is 5.82 Å². The molecule has 0 aliphatic heterocycles. The standard InChI is InChI=1S/C26H28FN7O/c27-19-13-17(24(29)35)25(33-26(19)32-22-10-5-4-9-20(22)28)31-21-11-6-12-23-18(21)14-30-34(23)15-16-7-2-1-3-8-16/h1-3,6-8,11-14,20,22H,4-5,9-10,15,28H2,(H2,29,35)(H2,31,32,33)/t20-,22?/m0/s1. The van der Waals surface area contributed by atoms with Gasteiger partial charge in [-0.1, -0.05) is 49.2 Å². The number of primary amides is 1. The minimum atomic E-state index is -0.772. The highest BCUT2D eigenvalue weighted by atomic mass is 19.1. The summed E-state index contributed by atoms with van der Waals surface area (Å²) in [6.07, 6.45) is 5.55. The van der Waals surface area contributed by atoms with Gasteiger partial charge < -0.3 is 22.1 Å². The molecule has 5 rings (SSSR count). The van der Waals surface area contributed by atoms with Crippen LogP contribution in [0.2, 0.25) is 0 Å². The third-order valence-electron chi connectivity index (χ3n) is 6.50. The first-order valence-corrected chi connectivity index (χ1v) is 11.8. The van der Waals surface area contributed by atoms with E-state index in [1.807, 2.05) is 53.2 Å². The predicted octanol–water partition coefficient (Wildman–Crippen LogP) is 4.14. The number of benzene rings is 2. The number of nitrogens with one attached hydrogen (secondary N) is 2. The number of hydrogen-bond acceptors (Lipinski definition) is 6. The van der Waals surface area contributed by atoms with E-state index in [2.05, 4.69) is 20.7 Å². The molecule has 1 unspecified atom stereocenters. The summed E-state index contributed by atoms with van der Waals surface area (Å²) in [5.41, 5.74) is 14.5. The number of pyridine rings is 1. The molecule has 180 valence electrons. The van der Waals surface area contributed by atoms with Crippen molar-refractivity contribution in [1.82, 2.24) is 14.8 Å². The fourth-order valence-electron chi connectivity index (χ4n) is 4.61. The molecular formula is C26H28FN7O. The average molecular weight is 474 g/mol. The number of aromatic nitrogens is 3. The van der Waals surface area contributed by atoms with Crippen molar-refractivity contribution in [1.29, 1.82) is 0 Å². The van der Waals surface area contributed by atoms with Crippen LogP contribution in [-0.4, -0.2) is 32.8 Å². The third-order valence-corrected chi connectivity index (χ3v) is 6.50. The van der Waals surface area contributed by atoms with Gasteiger partial charge in [0.25, 0.3) is 5.91 Å². The van der Waals surface area contributed by atoms with Crippen molar-refractivity contribution in [3.05, 3.63) is 77.7 Å². The number of fused-ring (bicyclic) bond motifs is 1. The van der Waals surface area contributed by atoms with E-state index in [4.69, 9.17) is 11.5 Å². The maximum absolute atomic E-state index is 14.9. The van der Waals surface area contributed by atoms with E-state index in [9.17, 15) is 9.18 Å². The summed E-state index contributed by atoms with van der Waals surface area (Å²) < 4.78 is 16.8. The smallest absolute Gasteiger partial charge is 0.252 e. The molecule has 35 heavy (non-hydrogen) atoms. The van der Waals surface area contributed by atoms with E-state index in [0.717, 1.165) is 48.2 Å². The normalized spacial score (nSPS) is 17.9. The van der Waals surface area contributed by atoms with Crippen LogP contribution in [0.3, 0.4) is 0 Å². The molecule has 0 radical (unpaired) electrons. The molecule has 1 aliphatic rings. The molecule has 2 aromatic heterocycles. The van der Waals surface area contributed by atoms with Gasteiger partial charge in [0.15, 0.2) is 11.6 Å². The van der Waals surface area contributed by atoms with Gasteiger partial charge in [0.1, 0.15) is 5.82 Å². The first-order valence-electron chi connectivity index (χ1n) is 11.8. The molecule has 1 aliphatic carbocycles. The fraction of sp³-hybridized carbons (Fsp3) is 0.269. The van der Waals surface area contributed by atoms with Crippen molar-refractivity contribution in [2.24, 2.45) is 11.5 Å². The number of anilines is 3. The lowest BCUT2D eigenvalue weighted by Crippen LogP contribution is -2.43. The van der Waals surface area contributed by atoms with Gasteiger partial charge in [-0.15, -0.1) is 0 Å². The summed E-state index contributed by atoms with van der Waals surface area (Å²) in [6.45, 7) is 0.616. The molecule has 1 amide bonds. The highest BCUT2D eigenvalue weighted by Gasteiger charge is 2.24. The Morgan fingerprint density at radius 2 is 1.89 bits per heavy atom. The van der Waals surface area contributed by atoms with Gasteiger partial charge in [0, 0.05) is 17.5 Å². The fourth-order valence-corrected chi connectivity index (χ4v) is 4.61. The second kappa shape index (κ2) is 9.71. The zero-order chi connectivity index (χ0) is 24.4. The maximum atomic E-state index is 14.9. The first kappa shape index (κ1) is 22.8. The minimum absolute atomic E-state index is 0.0327. The van der Waals surface area contributed by atoms with Crippen molar-refractivity contribution in [2.45, 2.75) is 44.3 Å². The summed E-state index contributed by atoms with van der Waals surface area (Å²) in [6, 6.07) is 16.7. The van der Waals surface area contributed by atoms with E-state index in [0.29, 0.717) is 12.2 Å². The number of carbonyl (C=O) groups is 1. The number of rotatable bonds is 7. The molecule has 2 atom stereocenters. The lowest BCUT2D eigenvalue weighted by Gasteiger charge is -2.30. The second-order valence-corrected chi connectivity index (χ2v) is 8.93. The molecular weight excluding hydrogens is 445 g/mol. The van der Waals surface area contributed by atoms with E-state index < -0.39 is 11.7 Å². The highest BCUT2D eigenvalue weighted by Crippen LogP contribution is 2.30. The van der Waals surface area contributed by atoms with Gasteiger partial charge in [-0.3, -0.25) is 9.48 Å². The summed E-state index contributed by atoms with van der Waals surface area (Å²) in [7, 11) is 0. The average Bonchev–Trinajstić information content (AvgIpc) is 3.26. The number of nitrogens with zero attached hydrogens (tertiary/aromatic N) is 3. The van der Waals surface area contributed by atoms with Gasteiger partial charge in [-0.25, -0.2) is 9.37 Å². The van der Waals surface area contributed by atoms with Crippen molar-refractivity contribution in [3.8, 4) is 0 Å². The molecule has 8 nitrogen and oxygen atoms in total. The van der Waals surface area contributed by atoms with Crippen molar-refractivity contribution in [3.63, 3.8) is 0 Å². The molecule has 2 heterocycles. The first-order chi connectivity index (χ1) is 17.0. The van der Waals surface area contributed by atoms with Gasteiger partial charge >= 0.3 is 0 Å². The molecule has 9 heteroatoms. The number of carbonyl (C=O) groups excluding carboxylic acids is 1. The van der Waals surface area contributed by atoms with E-state index >= 15 is 0 Å². The molecule has 0 spiro atoms. The zero-order valence-corrected chi connectivity index (χ0v) is 19.2. The SMILES string of the molecule is NC(=O)c1cc(F)c(NC2CCCC[C@@H]2N)nc1Nc1cccc2c1cnn2Cc1ccccc1. The monoisotopic (exact) mass is 473 g/mol. The van der Waals surface area contributed by atoms with Gasteiger partial charge in [-0.2, -0.15) is 5.10 Å². The summed E-state index contributed by atoms with van der Waals surface area (Å²) in [5.74, 6) is -1.19. The molecule has 0 bridgehead atoms. The Balaban J connectivity index is 1.47. The van der Waals surface area contributed by atoms with E-state index in [1.54, 1.807) is 6.20 Å². The van der Waals surface area contributed by atoms with Crippen LogP contribution in [0.15, 0.2) is 60.8 Å². The van der Waals surface area contributed by atoms with Crippen LogP contribution in [0.5, 0.6) is 0 Å². The number of hydrogen-bond donors (Lipinski definition) is 4. The molecule has 0 saturated heterocycles. The summed E-state index contributed by atoms with van der Waals surface area (Å²) in [4.78, 5) is 16.5. The lowest BCUT2D eigenvalue weighted by atomic mass is 9.91. The van der Waals surface area contributed by atoms with Crippen LogP contribution in [-0.2, 0) is 6.54 Å². The van der Waals surface area contributed by atoms with Gasteiger partial charge in [-0.05, 0) is 36.6 Å². The van der Waals surface area contributed by atoms with Crippen molar-refractivity contribution < 1.29 is 9.18 Å². The largest absolute Gasteiger partial charge is 0.365 e. The topological polar surface area (TPSA) is 124 Å². The van der Waals surface area contributed by atoms with E-state index in [-0.39, 0.29) is 29.3 Å². The van der Waals surface area contributed by atoms with Gasteiger partial charge in [0.2, 0.25) is 0 Å². The zero-order valence-electron chi connectivity index (χ0n) is 19.2. The molecule has 1 saturated carbocycles. The Morgan fingerprint density at radius 1 is 1.09 bits per heavy atom. The van der Waals surface area contributed by atoms with Gasteiger partial charge in [0.05, 0.1) is 29.5 Å². The Morgan fingerprint density at radius 3 is 2.66 bits per heavy atom. The van der Waals surface area contributed by atoms with Crippen LogP contribution in [0.1, 0.15) is 41.6 Å². The predicted molar refractivity (Wildman–Crippen MR) is 135 cm³/mol. The number of amides is 1. The Kier molecular flexibility index (Phi) is 6.33. The highest BCUT2D eigenvalue weighted by molar-refractivity contribution is 6.00. The molecule has 1 fully saturated rings. The van der Waals surface area contributed by atoms with Crippen LogP contribution >= 0.6 is 0 Å². The molecule has 6 N–H and O–H groups in total. The molecule has 4 aromatic rings. The van der Waals surface area contributed by atoms with Crippen LogP contribution < -0.4 is 22.1 Å². The van der Waals surface area contributed by atoms with Crippen LogP contribution in [0.4, 0.5) is 21.7 Å². The Labute approximate surface area is 202 Å². The Hall–Kier alpha value is -3.98. The summed E-state index contributed by atoms with van der Waals surface area (Å²) >= 11 is 0. The van der Waals surface area contributed by atoms with Crippen molar-refractivity contribution in [2.75, 3.05) is 10.6 Å². The molecule has 2 aromatic carbocycles. The number of nitrogens with two attached hydrogens (primary N) is 2. The van der Waals surface area contributed by atoms with E-state index in [1.165, 1.54) is 0 Å². The number of halogens is 1. The minimum Gasteiger partial charge on any atom is -0.365 e. The third kappa shape index (κ3) is 4.81. The summed E-state index contributed by atoms with van der Waals surface area (Å²) in [5, 5.41) is 11.7. The lowest BCUT2D eigenvalue weighted by molar-refractivity contribution is 0.100. The van der Waals surface area contributed by atoms with Crippen molar-refractivity contribution >= 4 is 34.1 Å².